The van der Waals surface area contributed by atoms with Gasteiger partial charge in [0.15, 0.2) is 17.2 Å². The van der Waals surface area contributed by atoms with Gasteiger partial charge in [0.25, 0.3) is 0 Å². The van der Waals surface area contributed by atoms with Crippen molar-refractivity contribution in [2.24, 2.45) is 0 Å². The summed E-state index contributed by atoms with van der Waals surface area (Å²) in [6.45, 7) is 2.06. The van der Waals surface area contributed by atoms with Crippen LogP contribution in [0.3, 0.4) is 0 Å². The number of hydrogen-bond donors (Lipinski definition) is 1. The molecule has 6 heteroatoms. The van der Waals surface area contributed by atoms with E-state index in [0.29, 0.717) is 17.4 Å². The topological polar surface area (TPSA) is 68.7 Å². The first-order chi connectivity index (χ1) is 9.15. The first-order valence-corrected chi connectivity index (χ1v) is 6.53. The van der Waals surface area contributed by atoms with Gasteiger partial charge in [-0.3, -0.25) is 0 Å². The largest absolute Gasteiger partial charge is 0.504 e. The molecule has 0 atom stereocenters. The second kappa shape index (κ2) is 5.71. The van der Waals surface area contributed by atoms with Crippen LogP contribution in [0.2, 0.25) is 0 Å². The lowest BCUT2D eigenvalue weighted by Crippen LogP contribution is -2.04. The maximum Gasteiger partial charge on any atom is 0.357 e. The molecule has 0 fully saturated rings. The molecule has 2 rings (SSSR count). The van der Waals surface area contributed by atoms with Crippen molar-refractivity contribution < 1.29 is 19.4 Å². The Balaban J connectivity index is 2.30. The van der Waals surface area contributed by atoms with Gasteiger partial charge in [-0.15, -0.1) is 11.3 Å². The van der Waals surface area contributed by atoms with Crippen LogP contribution < -0.4 is 4.74 Å². The minimum absolute atomic E-state index is 0.0634. The third-order valence-electron chi connectivity index (χ3n) is 2.42. The van der Waals surface area contributed by atoms with E-state index in [9.17, 15) is 9.90 Å². The monoisotopic (exact) mass is 279 g/mol. The van der Waals surface area contributed by atoms with E-state index < -0.39 is 5.97 Å². The fourth-order valence-corrected chi connectivity index (χ4v) is 2.30. The van der Waals surface area contributed by atoms with Gasteiger partial charge in [0.2, 0.25) is 0 Å². The maximum atomic E-state index is 11.5. The molecule has 0 amide bonds. The summed E-state index contributed by atoms with van der Waals surface area (Å²) in [5.41, 5.74) is 1.06. The molecule has 0 aliphatic rings. The number of esters is 1. The fourth-order valence-electron chi connectivity index (χ4n) is 1.52. The Morgan fingerprint density at radius 2 is 2.26 bits per heavy atom. The van der Waals surface area contributed by atoms with Gasteiger partial charge in [-0.05, 0) is 25.1 Å². The van der Waals surface area contributed by atoms with Crippen LogP contribution in [0.1, 0.15) is 17.4 Å². The zero-order valence-corrected chi connectivity index (χ0v) is 11.4. The van der Waals surface area contributed by atoms with E-state index in [2.05, 4.69) is 4.98 Å². The summed E-state index contributed by atoms with van der Waals surface area (Å²) in [5, 5.41) is 11.8. The number of aromatic hydroxyl groups is 1. The van der Waals surface area contributed by atoms with Crippen LogP contribution in [0, 0.1) is 0 Å². The number of ether oxygens (including phenoxy) is 2. The number of aromatic nitrogens is 1. The Hall–Kier alpha value is -2.08. The van der Waals surface area contributed by atoms with Crippen LogP contribution in [0.15, 0.2) is 23.6 Å². The van der Waals surface area contributed by atoms with Crippen molar-refractivity contribution in [3.05, 3.63) is 29.3 Å². The number of phenols is 1. The molecule has 0 saturated carbocycles. The molecule has 5 nitrogen and oxygen atoms in total. The highest BCUT2D eigenvalue weighted by Crippen LogP contribution is 2.32. The minimum atomic E-state index is -0.434. The van der Waals surface area contributed by atoms with Crippen molar-refractivity contribution in [3.8, 4) is 22.1 Å². The lowest BCUT2D eigenvalue weighted by molar-refractivity contribution is 0.0520. The highest BCUT2D eigenvalue weighted by molar-refractivity contribution is 7.13. The van der Waals surface area contributed by atoms with Crippen LogP contribution in [0.4, 0.5) is 0 Å². The van der Waals surface area contributed by atoms with Gasteiger partial charge in [0.05, 0.1) is 13.7 Å². The first kappa shape index (κ1) is 13.4. The standard InChI is InChI=1S/C13H13NO4S/c1-3-18-13(16)9-7-19-12(14-9)8-4-5-10(15)11(6-8)17-2/h4-7,15H,3H2,1-2H3. The zero-order valence-electron chi connectivity index (χ0n) is 10.5. The van der Waals surface area contributed by atoms with Crippen LogP contribution in [0.25, 0.3) is 10.6 Å². The lowest BCUT2D eigenvalue weighted by atomic mass is 10.2. The Morgan fingerprint density at radius 3 is 2.95 bits per heavy atom. The number of carbonyl (C=O) groups is 1. The summed E-state index contributed by atoms with van der Waals surface area (Å²) in [6, 6.07) is 4.91. The van der Waals surface area contributed by atoms with Crippen molar-refractivity contribution in [1.82, 2.24) is 4.98 Å². The molecule has 1 aromatic carbocycles. The molecule has 100 valence electrons. The van der Waals surface area contributed by atoms with E-state index in [1.807, 2.05) is 0 Å². The van der Waals surface area contributed by atoms with Crippen molar-refractivity contribution in [3.63, 3.8) is 0 Å². The van der Waals surface area contributed by atoms with E-state index in [-0.39, 0.29) is 11.4 Å². The van der Waals surface area contributed by atoms with Gasteiger partial charge < -0.3 is 14.6 Å². The zero-order chi connectivity index (χ0) is 13.8. The highest BCUT2D eigenvalue weighted by Gasteiger charge is 2.13. The number of hydrogen-bond acceptors (Lipinski definition) is 6. The predicted octanol–water partition coefficient (Wildman–Crippen LogP) is 2.70. The molecular formula is C13H13NO4S. The van der Waals surface area contributed by atoms with Crippen LogP contribution in [-0.4, -0.2) is 29.8 Å². The summed E-state index contributed by atoms with van der Waals surface area (Å²) >= 11 is 1.33. The third-order valence-corrected chi connectivity index (χ3v) is 3.31. The first-order valence-electron chi connectivity index (χ1n) is 5.65. The Kier molecular flexibility index (Phi) is 4.01. The van der Waals surface area contributed by atoms with Gasteiger partial charge in [0, 0.05) is 10.9 Å². The molecule has 0 bridgehead atoms. The fraction of sp³-hybridized carbons (Fsp3) is 0.231. The van der Waals surface area contributed by atoms with E-state index in [1.165, 1.54) is 24.5 Å². The van der Waals surface area contributed by atoms with Crippen molar-refractivity contribution in [2.75, 3.05) is 13.7 Å². The normalized spacial score (nSPS) is 10.2. The van der Waals surface area contributed by atoms with Crippen molar-refractivity contribution >= 4 is 17.3 Å². The predicted molar refractivity (Wildman–Crippen MR) is 71.7 cm³/mol. The third kappa shape index (κ3) is 2.85. The minimum Gasteiger partial charge on any atom is -0.504 e. The second-order valence-corrected chi connectivity index (χ2v) is 4.50. The summed E-state index contributed by atoms with van der Waals surface area (Å²) in [5.74, 6) is -0.00505. The number of nitrogens with zero attached hydrogens (tertiary/aromatic N) is 1. The molecule has 0 radical (unpaired) electrons. The van der Waals surface area contributed by atoms with Crippen LogP contribution in [0.5, 0.6) is 11.5 Å². The maximum absolute atomic E-state index is 11.5. The SMILES string of the molecule is CCOC(=O)c1csc(-c2ccc(O)c(OC)c2)n1. The van der Waals surface area contributed by atoms with E-state index in [4.69, 9.17) is 9.47 Å². The molecule has 2 aromatic rings. The molecular weight excluding hydrogens is 266 g/mol. The van der Waals surface area contributed by atoms with Gasteiger partial charge in [-0.2, -0.15) is 0 Å². The molecule has 1 heterocycles. The average molecular weight is 279 g/mol. The van der Waals surface area contributed by atoms with E-state index in [1.54, 1.807) is 24.4 Å². The molecule has 1 N–H and O–H groups in total. The Bertz CT molecular complexity index is 594. The highest BCUT2D eigenvalue weighted by atomic mass is 32.1. The van der Waals surface area contributed by atoms with Crippen LogP contribution >= 0.6 is 11.3 Å². The second-order valence-electron chi connectivity index (χ2n) is 3.64. The molecule has 0 saturated heterocycles. The molecule has 1 aromatic heterocycles. The molecule has 0 spiro atoms. The number of methoxy groups -OCH3 is 1. The van der Waals surface area contributed by atoms with Crippen molar-refractivity contribution in [2.45, 2.75) is 6.92 Å². The molecule has 0 unspecified atom stereocenters. The van der Waals surface area contributed by atoms with Gasteiger partial charge in [0.1, 0.15) is 5.01 Å². The van der Waals surface area contributed by atoms with Gasteiger partial charge in [-0.25, -0.2) is 9.78 Å². The summed E-state index contributed by atoms with van der Waals surface area (Å²) in [4.78, 5) is 15.7. The summed E-state index contributed by atoms with van der Waals surface area (Å²) in [7, 11) is 1.48. The Labute approximate surface area is 114 Å². The van der Waals surface area contributed by atoms with Crippen LogP contribution in [-0.2, 0) is 4.74 Å². The van der Waals surface area contributed by atoms with E-state index in [0.717, 1.165) is 5.56 Å². The number of benzene rings is 1. The average Bonchev–Trinajstić information content (AvgIpc) is 2.89. The van der Waals surface area contributed by atoms with Gasteiger partial charge in [-0.1, -0.05) is 0 Å². The lowest BCUT2D eigenvalue weighted by Gasteiger charge is -2.04. The van der Waals surface area contributed by atoms with E-state index >= 15 is 0 Å². The number of phenolic OH excluding ortho intramolecular Hbond substituents is 1. The molecule has 0 aliphatic heterocycles. The van der Waals surface area contributed by atoms with Gasteiger partial charge >= 0.3 is 5.97 Å². The quantitative estimate of drug-likeness (QED) is 0.871. The Morgan fingerprint density at radius 1 is 1.47 bits per heavy atom. The smallest absolute Gasteiger partial charge is 0.357 e. The van der Waals surface area contributed by atoms with Crippen molar-refractivity contribution in [1.29, 1.82) is 0 Å². The number of rotatable bonds is 4. The number of thiazole rings is 1. The summed E-state index contributed by atoms with van der Waals surface area (Å²) < 4.78 is 9.92. The summed E-state index contributed by atoms with van der Waals surface area (Å²) in [6.07, 6.45) is 0. The molecule has 0 aliphatic carbocycles. The molecule has 19 heavy (non-hydrogen) atoms. The number of carbonyl (C=O) groups excluding carboxylic acids is 1.